The van der Waals surface area contributed by atoms with E-state index in [4.69, 9.17) is 9.47 Å². The summed E-state index contributed by atoms with van der Waals surface area (Å²) in [5.41, 5.74) is 0.544. The number of amides is 2. The highest BCUT2D eigenvalue weighted by molar-refractivity contribution is 6.09. The number of rotatable bonds is 4. The molecule has 0 bridgehead atoms. The minimum Gasteiger partial charge on any atom is -0.497 e. The van der Waals surface area contributed by atoms with Gasteiger partial charge in [0, 0.05) is 6.07 Å². The monoisotopic (exact) mass is 292 g/mol. The van der Waals surface area contributed by atoms with E-state index in [9.17, 15) is 9.59 Å². The molecule has 0 aliphatic carbocycles. The number of ether oxygens (including phenoxy) is 2. The average molecular weight is 292 g/mol. The fourth-order valence-corrected chi connectivity index (χ4v) is 2.42. The van der Waals surface area contributed by atoms with Gasteiger partial charge in [0.05, 0.1) is 19.9 Å². The van der Waals surface area contributed by atoms with Gasteiger partial charge in [0.15, 0.2) is 0 Å². The highest BCUT2D eigenvalue weighted by Gasteiger charge is 2.39. The molecule has 1 aromatic rings. The van der Waals surface area contributed by atoms with Crippen LogP contribution in [-0.4, -0.2) is 38.1 Å². The molecule has 2 rings (SSSR count). The zero-order valence-corrected chi connectivity index (χ0v) is 12.7. The van der Waals surface area contributed by atoms with Crippen molar-refractivity contribution >= 4 is 17.5 Å². The minimum absolute atomic E-state index is 0.142. The van der Waals surface area contributed by atoms with Gasteiger partial charge in [-0.1, -0.05) is 6.92 Å². The molecule has 114 valence electrons. The SMILES string of the molecule is CCC1NC(=O)C(C)N(c2cc(OC)ccc2OC)C1=O. The zero-order chi connectivity index (χ0) is 15.6. The highest BCUT2D eigenvalue weighted by Crippen LogP contribution is 2.35. The Kier molecular flexibility index (Phi) is 4.35. The van der Waals surface area contributed by atoms with Gasteiger partial charge in [-0.25, -0.2) is 0 Å². The lowest BCUT2D eigenvalue weighted by molar-refractivity contribution is -0.133. The van der Waals surface area contributed by atoms with E-state index in [0.717, 1.165) is 0 Å². The molecule has 21 heavy (non-hydrogen) atoms. The Morgan fingerprint density at radius 1 is 1.24 bits per heavy atom. The van der Waals surface area contributed by atoms with Crippen molar-refractivity contribution in [1.82, 2.24) is 5.32 Å². The van der Waals surface area contributed by atoms with Crippen LogP contribution in [0.3, 0.4) is 0 Å². The number of hydrogen-bond donors (Lipinski definition) is 1. The van der Waals surface area contributed by atoms with Gasteiger partial charge in [-0.15, -0.1) is 0 Å². The lowest BCUT2D eigenvalue weighted by Gasteiger charge is -2.37. The zero-order valence-electron chi connectivity index (χ0n) is 12.7. The molecule has 0 spiro atoms. The topological polar surface area (TPSA) is 67.9 Å². The van der Waals surface area contributed by atoms with E-state index in [1.165, 1.54) is 12.0 Å². The molecule has 1 aliphatic heterocycles. The van der Waals surface area contributed by atoms with Crippen LogP contribution in [-0.2, 0) is 9.59 Å². The van der Waals surface area contributed by atoms with Crippen LogP contribution in [0.15, 0.2) is 18.2 Å². The molecule has 1 fully saturated rings. The molecule has 6 nitrogen and oxygen atoms in total. The van der Waals surface area contributed by atoms with E-state index in [1.807, 2.05) is 6.92 Å². The summed E-state index contributed by atoms with van der Waals surface area (Å²) in [4.78, 5) is 26.1. The lowest BCUT2D eigenvalue weighted by atomic mass is 10.0. The van der Waals surface area contributed by atoms with Gasteiger partial charge in [-0.05, 0) is 25.5 Å². The molecule has 2 amide bonds. The summed E-state index contributed by atoms with van der Waals surface area (Å²) in [5, 5.41) is 2.73. The molecule has 1 saturated heterocycles. The summed E-state index contributed by atoms with van der Waals surface area (Å²) in [6, 6.07) is 4.07. The molecule has 2 unspecified atom stereocenters. The summed E-state index contributed by atoms with van der Waals surface area (Å²) in [7, 11) is 3.08. The van der Waals surface area contributed by atoms with Crippen LogP contribution in [0.25, 0.3) is 0 Å². The Morgan fingerprint density at radius 3 is 2.52 bits per heavy atom. The number of anilines is 1. The molecular formula is C15H20N2O4. The first-order chi connectivity index (χ1) is 10.0. The molecule has 1 aromatic carbocycles. The average Bonchev–Trinajstić information content (AvgIpc) is 2.50. The van der Waals surface area contributed by atoms with Crippen molar-refractivity contribution in [2.75, 3.05) is 19.1 Å². The summed E-state index contributed by atoms with van der Waals surface area (Å²) in [6.07, 6.45) is 0.542. The summed E-state index contributed by atoms with van der Waals surface area (Å²) in [6.45, 7) is 3.55. The van der Waals surface area contributed by atoms with E-state index in [0.29, 0.717) is 23.6 Å². The summed E-state index contributed by atoms with van der Waals surface area (Å²) >= 11 is 0. The molecule has 1 N–H and O–H groups in total. The van der Waals surface area contributed by atoms with Crippen LogP contribution in [0.1, 0.15) is 20.3 Å². The van der Waals surface area contributed by atoms with E-state index in [-0.39, 0.29) is 11.8 Å². The molecule has 0 saturated carbocycles. The fraction of sp³-hybridized carbons (Fsp3) is 0.467. The third-order valence-corrected chi connectivity index (χ3v) is 3.67. The summed E-state index contributed by atoms with van der Waals surface area (Å²) in [5.74, 6) is 0.813. The lowest BCUT2D eigenvalue weighted by Crippen LogP contribution is -2.62. The first-order valence-electron chi connectivity index (χ1n) is 6.89. The Bertz CT molecular complexity index is 559. The van der Waals surface area contributed by atoms with Crippen molar-refractivity contribution in [2.24, 2.45) is 0 Å². The van der Waals surface area contributed by atoms with Crippen molar-refractivity contribution in [2.45, 2.75) is 32.4 Å². The van der Waals surface area contributed by atoms with Crippen molar-refractivity contribution in [1.29, 1.82) is 0 Å². The van der Waals surface area contributed by atoms with Crippen LogP contribution in [0.5, 0.6) is 11.5 Å². The van der Waals surface area contributed by atoms with E-state index >= 15 is 0 Å². The molecule has 2 atom stereocenters. The van der Waals surface area contributed by atoms with E-state index in [1.54, 1.807) is 32.2 Å². The normalized spacial score (nSPS) is 22.0. The van der Waals surface area contributed by atoms with E-state index in [2.05, 4.69) is 5.32 Å². The van der Waals surface area contributed by atoms with Gasteiger partial charge in [0.2, 0.25) is 11.8 Å². The predicted molar refractivity (Wildman–Crippen MR) is 78.7 cm³/mol. The number of hydrogen-bond acceptors (Lipinski definition) is 4. The van der Waals surface area contributed by atoms with Crippen molar-refractivity contribution in [3.05, 3.63) is 18.2 Å². The van der Waals surface area contributed by atoms with Crippen LogP contribution < -0.4 is 19.7 Å². The largest absolute Gasteiger partial charge is 0.497 e. The van der Waals surface area contributed by atoms with Crippen molar-refractivity contribution < 1.29 is 19.1 Å². The number of carbonyl (C=O) groups is 2. The van der Waals surface area contributed by atoms with Crippen LogP contribution in [0, 0.1) is 0 Å². The minimum atomic E-state index is -0.596. The smallest absolute Gasteiger partial charge is 0.250 e. The second kappa shape index (κ2) is 6.03. The maximum atomic E-state index is 12.6. The van der Waals surface area contributed by atoms with Crippen LogP contribution >= 0.6 is 0 Å². The van der Waals surface area contributed by atoms with Gasteiger partial charge in [0.1, 0.15) is 23.6 Å². The van der Waals surface area contributed by atoms with Gasteiger partial charge >= 0.3 is 0 Å². The maximum Gasteiger partial charge on any atom is 0.250 e. The van der Waals surface area contributed by atoms with Gasteiger partial charge < -0.3 is 14.8 Å². The maximum absolute atomic E-state index is 12.6. The molecule has 6 heteroatoms. The Labute approximate surface area is 124 Å². The number of nitrogens with zero attached hydrogens (tertiary/aromatic N) is 1. The van der Waals surface area contributed by atoms with Gasteiger partial charge in [-0.2, -0.15) is 0 Å². The van der Waals surface area contributed by atoms with Crippen molar-refractivity contribution in [3.8, 4) is 11.5 Å². The fourth-order valence-electron chi connectivity index (χ4n) is 2.42. The van der Waals surface area contributed by atoms with Crippen LogP contribution in [0.4, 0.5) is 5.69 Å². The first kappa shape index (κ1) is 15.2. The second-order valence-electron chi connectivity index (χ2n) is 4.89. The second-order valence-corrected chi connectivity index (χ2v) is 4.89. The highest BCUT2D eigenvalue weighted by atomic mass is 16.5. The standard InChI is InChI=1S/C15H20N2O4/c1-5-11-15(19)17(9(2)14(18)16-11)12-8-10(20-3)6-7-13(12)21-4/h6-9,11H,5H2,1-4H3,(H,16,18). The van der Waals surface area contributed by atoms with Gasteiger partial charge in [0.25, 0.3) is 0 Å². The first-order valence-corrected chi connectivity index (χ1v) is 6.89. The molecule has 1 aliphatic rings. The molecular weight excluding hydrogens is 272 g/mol. The number of nitrogens with one attached hydrogen (secondary N) is 1. The number of carbonyl (C=O) groups excluding carboxylic acids is 2. The molecule has 0 radical (unpaired) electrons. The van der Waals surface area contributed by atoms with E-state index < -0.39 is 12.1 Å². The number of benzene rings is 1. The Hall–Kier alpha value is -2.24. The predicted octanol–water partition coefficient (Wildman–Crippen LogP) is 1.33. The summed E-state index contributed by atoms with van der Waals surface area (Å²) < 4.78 is 10.5. The quantitative estimate of drug-likeness (QED) is 0.909. The van der Waals surface area contributed by atoms with Crippen molar-refractivity contribution in [3.63, 3.8) is 0 Å². The number of piperazine rings is 1. The third-order valence-electron chi connectivity index (χ3n) is 3.67. The molecule has 0 aromatic heterocycles. The van der Waals surface area contributed by atoms with Gasteiger partial charge in [-0.3, -0.25) is 14.5 Å². The van der Waals surface area contributed by atoms with Crippen LogP contribution in [0.2, 0.25) is 0 Å². The number of methoxy groups -OCH3 is 2. The molecule has 1 heterocycles. The Morgan fingerprint density at radius 2 is 1.95 bits per heavy atom. The third kappa shape index (κ3) is 2.66. The Balaban J connectivity index is 2.51.